The molecule has 0 spiro atoms. The molecule has 8 heteroatoms. The molecule has 1 atom stereocenters. The van der Waals surface area contributed by atoms with E-state index in [1.54, 1.807) is 0 Å². The van der Waals surface area contributed by atoms with Gasteiger partial charge in [0.15, 0.2) is 0 Å². The highest BCUT2D eigenvalue weighted by Gasteiger charge is 2.37. The lowest BCUT2D eigenvalue weighted by molar-refractivity contribution is -0.126. The fourth-order valence-corrected chi connectivity index (χ4v) is 3.76. The second-order valence-electron chi connectivity index (χ2n) is 4.24. The van der Waals surface area contributed by atoms with Gasteiger partial charge in [-0.15, -0.1) is 0 Å². The van der Waals surface area contributed by atoms with Gasteiger partial charge in [0.1, 0.15) is 16.8 Å². The molecule has 1 amide bonds. The molecule has 1 aromatic rings. The molecule has 19 heavy (non-hydrogen) atoms. The lowest BCUT2D eigenvalue weighted by Crippen LogP contribution is -2.55. The number of carbonyl (C=O) groups is 1. The van der Waals surface area contributed by atoms with Crippen LogP contribution in [0.3, 0.4) is 0 Å². The molecule has 6 nitrogen and oxygen atoms in total. The van der Waals surface area contributed by atoms with E-state index in [1.165, 1.54) is 19.1 Å². The Hall–Kier alpha value is -1.67. The van der Waals surface area contributed by atoms with Crippen molar-refractivity contribution >= 4 is 21.6 Å². The Kier molecular flexibility index (Phi) is 3.46. The van der Waals surface area contributed by atoms with E-state index < -0.39 is 32.7 Å². The number of benzene rings is 1. The van der Waals surface area contributed by atoms with Gasteiger partial charge in [0.2, 0.25) is 15.9 Å². The summed E-state index contributed by atoms with van der Waals surface area (Å²) < 4.78 is 39.5. The van der Waals surface area contributed by atoms with Gasteiger partial charge in [0.25, 0.3) is 0 Å². The molecule has 1 aliphatic rings. The lowest BCUT2D eigenvalue weighted by Gasteiger charge is -2.32. The van der Waals surface area contributed by atoms with E-state index in [-0.39, 0.29) is 18.8 Å². The summed E-state index contributed by atoms with van der Waals surface area (Å²) in [6.07, 6.45) is 0. The van der Waals surface area contributed by atoms with Crippen molar-refractivity contribution in [3.63, 3.8) is 0 Å². The van der Waals surface area contributed by atoms with E-state index in [4.69, 9.17) is 5.73 Å². The highest BCUT2D eigenvalue weighted by Crippen LogP contribution is 2.27. The summed E-state index contributed by atoms with van der Waals surface area (Å²) in [5.74, 6) is -1.33. The number of anilines is 1. The van der Waals surface area contributed by atoms with Crippen molar-refractivity contribution in [3.05, 3.63) is 24.0 Å². The first-order valence-corrected chi connectivity index (χ1v) is 7.13. The average molecular weight is 287 g/mol. The summed E-state index contributed by atoms with van der Waals surface area (Å²) in [5.41, 5.74) is 5.38. The average Bonchev–Trinajstić information content (AvgIpc) is 2.32. The number of hydrogen-bond acceptors (Lipinski definition) is 4. The Morgan fingerprint density at radius 2 is 2.16 bits per heavy atom. The van der Waals surface area contributed by atoms with Gasteiger partial charge in [0, 0.05) is 13.1 Å². The molecule has 1 aromatic carbocycles. The van der Waals surface area contributed by atoms with Crippen LogP contribution in [-0.4, -0.2) is 37.8 Å². The van der Waals surface area contributed by atoms with Crippen LogP contribution in [0.1, 0.15) is 6.92 Å². The van der Waals surface area contributed by atoms with Gasteiger partial charge in [-0.2, -0.15) is 4.31 Å². The predicted octanol–water partition coefficient (Wildman–Crippen LogP) is -0.0831. The van der Waals surface area contributed by atoms with Crippen LogP contribution in [-0.2, 0) is 14.8 Å². The zero-order valence-corrected chi connectivity index (χ0v) is 11.1. The number of nitrogens with zero attached hydrogens (tertiary/aromatic N) is 1. The smallest absolute Gasteiger partial charge is 0.248 e. The number of amides is 1. The Labute approximate surface area is 110 Å². The zero-order chi connectivity index (χ0) is 14.2. The van der Waals surface area contributed by atoms with Gasteiger partial charge in [-0.05, 0) is 19.1 Å². The topological polar surface area (TPSA) is 92.5 Å². The summed E-state index contributed by atoms with van der Waals surface area (Å²) in [7, 11) is -4.13. The van der Waals surface area contributed by atoms with Gasteiger partial charge < -0.3 is 11.1 Å². The molecule has 3 N–H and O–H groups in total. The van der Waals surface area contributed by atoms with Crippen LogP contribution in [0.5, 0.6) is 0 Å². The molecule has 0 aliphatic carbocycles. The maximum absolute atomic E-state index is 13.7. The third kappa shape index (κ3) is 2.28. The molecule has 104 valence electrons. The van der Waals surface area contributed by atoms with Gasteiger partial charge in [-0.25, -0.2) is 12.8 Å². The normalized spacial score (nSPS) is 21.2. The number of piperazine rings is 1. The van der Waals surface area contributed by atoms with E-state index in [9.17, 15) is 17.6 Å². The minimum absolute atomic E-state index is 0.0863. The van der Waals surface area contributed by atoms with Crippen LogP contribution >= 0.6 is 0 Å². The highest BCUT2D eigenvalue weighted by molar-refractivity contribution is 7.89. The molecule has 1 fully saturated rings. The van der Waals surface area contributed by atoms with E-state index in [0.717, 1.165) is 10.4 Å². The molecule has 0 saturated carbocycles. The van der Waals surface area contributed by atoms with Crippen molar-refractivity contribution in [1.82, 2.24) is 9.62 Å². The minimum atomic E-state index is -4.13. The second kappa shape index (κ2) is 4.78. The van der Waals surface area contributed by atoms with Crippen LogP contribution in [0.15, 0.2) is 23.1 Å². The summed E-state index contributed by atoms with van der Waals surface area (Å²) in [5, 5.41) is 2.54. The first kappa shape index (κ1) is 13.8. The third-order valence-corrected chi connectivity index (χ3v) is 5.07. The van der Waals surface area contributed by atoms with Crippen LogP contribution in [0.2, 0.25) is 0 Å². The number of nitrogens with two attached hydrogens (primary N) is 1. The SMILES string of the molecule is CC1C(=O)NCCN1S(=O)(=O)c1c(N)cccc1F. The fraction of sp³-hybridized carbons (Fsp3) is 0.364. The summed E-state index contributed by atoms with van der Waals surface area (Å²) in [4.78, 5) is 10.9. The maximum Gasteiger partial charge on any atom is 0.248 e. The Balaban J connectivity index is 2.51. The number of carbonyl (C=O) groups excluding carboxylic acids is 1. The molecular weight excluding hydrogens is 273 g/mol. The van der Waals surface area contributed by atoms with E-state index in [2.05, 4.69) is 5.32 Å². The Bertz CT molecular complexity index is 597. The quantitative estimate of drug-likeness (QED) is 0.744. The van der Waals surface area contributed by atoms with Crippen molar-refractivity contribution < 1.29 is 17.6 Å². The van der Waals surface area contributed by atoms with Gasteiger partial charge in [-0.3, -0.25) is 4.79 Å². The molecule has 2 rings (SSSR count). The van der Waals surface area contributed by atoms with Crippen molar-refractivity contribution in [2.24, 2.45) is 0 Å². The van der Waals surface area contributed by atoms with Gasteiger partial charge in [-0.1, -0.05) is 6.07 Å². The number of nitrogen functional groups attached to an aromatic ring is 1. The minimum Gasteiger partial charge on any atom is -0.398 e. The highest BCUT2D eigenvalue weighted by atomic mass is 32.2. The molecule has 0 aromatic heterocycles. The summed E-state index contributed by atoms with van der Waals surface area (Å²) in [6, 6.07) is 2.77. The van der Waals surface area contributed by atoms with Crippen molar-refractivity contribution in [3.8, 4) is 0 Å². The van der Waals surface area contributed by atoms with Crippen LogP contribution < -0.4 is 11.1 Å². The molecule has 1 heterocycles. The van der Waals surface area contributed by atoms with E-state index >= 15 is 0 Å². The molecule has 1 aliphatic heterocycles. The van der Waals surface area contributed by atoms with Gasteiger partial charge in [0.05, 0.1) is 5.69 Å². The molecular formula is C11H14FN3O3S. The number of nitrogens with one attached hydrogen (secondary N) is 1. The first-order chi connectivity index (χ1) is 8.85. The number of halogens is 1. The largest absolute Gasteiger partial charge is 0.398 e. The first-order valence-electron chi connectivity index (χ1n) is 5.69. The zero-order valence-electron chi connectivity index (χ0n) is 10.3. The fourth-order valence-electron chi connectivity index (χ4n) is 2.00. The number of hydrogen-bond donors (Lipinski definition) is 2. The number of rotatable bonds is 2. The monoisotopic (exact) mass is 287 g/mol. The van der Waals surface area contributed by atoms with Crippen molar-refractivity contribution in [1.29, 1.82) is 0 Å². The van der Waals surface area contributed by atoms with Crippen molar-refractivity contribution in [2.75, 3.05) is 18.8 Å². The Morgan fingerprint density at radius 1 is 1.47 bits per heavy atom. The lowest BCUT2D eigenvalue weighted by atomic mass is 10.2. The molecule has 0 bridgehead atoms. The van der Waals surface area contributed by atoms with Gasteiger partial charge >= 0.3 is 0 Å². The van der Waals surface area contributed by atoms with E-state index in [1.807, 2.05) is 0 Å². The van der Waals surface area contributed by atoms with Crippen LogP contribution in [0.25, 0.3) is 0 Å². The Morgan fingerprint density at radius 3 is 2.79 bits per heavy atom. The van der Waals surface area contributed by atoms with Crippen molar-refractivity contribution in [2.45, 2.75) is 17.9 Å². The standard InChI is InChI=1S/C11H14FN3O3S/c1-7-11(16)14-5-6-15(7)19(17,18)10-8(12)3-2-4-9(10)13/h2-4,7H,5-6,13H2,1H3,(H,14,16). The van der Waals surface area contributed by atoms with Crippen LogP contribution in [0, 0.1) is 5.82 Å². The second-order valence-corrected chi connectivity index (χ2v) is 6.07. The molecule has 0 radical (unpaired) electrons. The summed E-state index contributed by atoms with van der Waals surface area (Å²) in [6.45, 7) is 1.73. The van der Waals surface area contributed by atoms with Crippen LogP contribution in [0.4, 0.5) is 10.1 Å². The number of sulfonamides is 1. The maximum atomic E-state index is 13.7. The van der Waals surface area contributed by atoms with E-state index in [0.29, 0.717) is 0 Å². The summed E-state index contributed by atoms with van der Waals surface area (Å²) >= 11 is 0. The molecule has 1 saturated heterocycles. The third-order valence-electron chi connectivity index (χ3n) is 3.01. The molecule has 1 unspecified atom stereocenters. The predicted molar refractivity (Wildman–Crippen MR) is 67.2 cm³/mol.